The number of carbonyl (C=O) groups is 1. The summed E-state index contributed by atoms with van der Waals surface area (Å²) in [6, 6.07) is 5.50. The van der Waals surface area contributed by atoms with Gasteiger partial charge < -0.3 is 11.1 Å². The molecule has 100 valence electrons. The normalized spacial score (nSPS) is 14.0. The van der Waals surface area contributed by atoms with Crippen molar-refractivity contribution in [3.63, 3.8) is 0 Å². The Labute approximate surface area is 111 Å². The summed E-state index contributed by atoms with van der Waals surface area (Å²) in [7, 11) is 0. The van der Waals surface area contributed by atoms with Gasteiger partial charge in [-0.2, -0.15) is 11.8 Å². The third-order valence-electron chi connectivity index (χ3n) is 2.70. The van der Waals surface area contributed by atoms with Crippen LogP contribution in [0.25, 0.3) is 0 Å². The van der Waals surface area contributed by atoms with Crippen LogP contribution in [-0.4, -0.2) is 24.0 Å². The molecule has 0 saturated carbocycles. The molecule has 0 radical (unpaired) electrons. The molecule has 0 spiro atoms. The third-order valence-corrected chi connectivity index (χ3v) is 3.34. The van der Waals surface area contributed by atoms with E-state index in [1.807, 2.05) is 6.26 Å². The third kappa shape index (κ3) is 4.31. The van der Waals surface area contributed by atoms with Crippen LogP contribution in [0.5, 0.6) is 0 Å². The van der Waals surface area contributed by atoms with E-state index in [2.05, 4.69) is 5.32 Å². The number of nitrogens with two attached hydrogens (primary N) is 1. The molecule has 1 aromatic rings. The summed E-state index contributed by atoms with van der Waals surface area (Å²) in [5.74, 6) is 0.283. The Hall–Kier alpha value is -1.07. The fourth-order valence-electron chi connectivity index (χ4n) is 1.60. The van der Waals surface area contributed by atoms with Crippen molar-refractivity contribution in [1.82, 2.24) is 5.32 Å². The molecule has 0 heterocycles. The topological polar surface area (TPSA) is 55.1 Å². The first-order chi connectivity index (χ1) is 8.56. The Morgan fingerprint density at radius 1 is 1.50 bits per heavy atom. The Kier molecular flexibility index (Phi) is 6.15. The van der Waals surface area contributed by atoms with Crippen LogP contribution in [0.4, 0.5) is 4.39 Å². The Morgan fingerprint density at radius 2 is 2.17 bits per heavy atom. The molecule has 3 N–H and O–H groups in total. The van der Waals surface area contributed by atoms with Crippen LogP contribution in [0.3, 0.4) is 0 Å². The van der Waals surface area contributed by atoms with Crippen molar-refractivity contribution >= 4 is 17.7 Å². The number of amides is 1. The minimum absolute atomic E-state index is 0.236. The molecule has 1 aromatic carbocycles. The molecule has 1 amide bonds. The van der Waals surface area contributed by atoms with E-state index >= 15 is 0 Å². The van der Waals surface area contributed by atoms with E-state index in [0.717, 1.165) is 5.75 Å². The van der Waals surface area contributed by atoms with Crippen molar-refractivity contribution in [3.8, 4) is 0 Å². The smallest absolute Gasteiger partial charge is 0.237 e. The van der Waals surface area contributed by atoms with Crippen molar-refractivity contribution < 1.29 is 9.18 Å². The zero-order chi connectivity index (χ0) is 13.5. The van der Waals surface area contributed by atoms with Gasteiger partial charge in [-0.1, -0.05) is 18.2 Å². The number of halogens is 1. The lowest BCUT2D eigenvalue weighted by atomic mass is 10.1. The van der Waals surface area contributed by atoms with Gasteiger partial charge in [0.05, 0.1) is 12.1 Å². The molecule has 0 bridgehead atoms. The average molecular weight is 270 g/mol. The van der Waals surface area contributed by atoms with Crippen LogP contribution in [0.2, 0.25) is 0 Å². The number of carbonyl (C=O) groups excluding carboxylic acids is 1. The molecule has 0 aliphatic heterocycles. The maximum Gasteiger partial charge on any atom is 0.237 e. The van der Waals surface area contributed by atoms with Crippen molar-refractivity contribution in [3.05, 3.63) is 35.6 Å². The number of hydrogen-bond acceptors (Lipinski definition) is 3. The predicted octanol–water partition coefficient (Wildman–Crippen LogP) is 2.08. The van der Waals surface area contributed by atoms with E-state index in [-0.39, 0.29) is 17.8 Å². The summed E-state index contributed by atoms with van der Waals surface area (Å²) in [6.45, 7) is 1.75. The Balaban J connectivity index is 2.57. The first kappa shape index (κ1) is 15.0. The van der Waals surface area contributed by atoms with E-state index in [4.69, 9.17) is 5.73 Å². The lowest BCUT2D eigenvalue weighted by Gasteiger charge is -2.18. The summed E-state index contributed by atoms with van der Waals surface area (Å²) >= 11 is 1.65. The van der Waals surface area contributed by atoms with E-state index in [1.165, 1.54) is 6.07 Å². The first-order valence-electron chi connectivity index (χ1n) is 5.85. The van der Waals surface area contributed by atoms with E-state index in [9.17, 15) is 9.18 Å². The van der Waals surface area contributed by atoms with Gasteiger partial charge in [0.2, 0.25) is 5.91 Å². The molecular weight excluding hydrogens is 251 g/mol. The lowest BCUT2D eigenvalue weighted by molar-refractivity contribution is -0.123. The van der Waals surface area contributed by atoms with Gasteiger partial charge in [0.1, 0.15) is 5.82 Å². The van der Waals surface area contributed by atoms with Crippen LogP contribution < -0.4 is 11.1 Å². The monoisotopic (exact) mass is 270 g/mol. The van der Waals surface area contributed by atoms with E-state index < -0.39 is 6.04 Å². The van der Waals surface area contributed by atoms with Gasteiger partial charge in [0, 0.05) is 5.56 Å². The van der Waals surface area contributed by atoms with Crippen molar-refractivity contribution in [2.75, 3.05) is 12.0 Å². The lowest BCUT2D eigenvalue weighted by Crippen LogP contribution is -2.42. The number of hydrogen-bond donors (Lipinski definition) is 2. The van der Waals surface area contributed by atoms with Crippen LogP contribution in [0.1, 0.15) is 24.9 Å². The zero-order valence-electron chi connectivity index (χ0n) is 10.7. The van der Waals surface area contributed by atoms with Gasteiger partial charge in [-0.05, 0) is 31.4 Å². The van der Waals surface area contributed by atoms with Crippen LogP contribution in [0.15, 0.2) is 24.3 Å². The molecule has 3 nitrogen and oxygen atoms in total. The highest BCUT2D eigenvalue weighted by Crippen LogP contribution is 2.16. The molecule has 5 heteroatoms. The van der Waals surface area contributed by atoms with Crippen molar-refractivity contribution in [2.45, 2.75) is 25.4 Å². The molecule has 0 aromatic heterocycles. The highest BCUT2D eigenvalue weighted by atomic mass is 32.2. The van der Waals surface area contributed by atoms with E-state index in [1.54, 1.807) is 36.9 Å². The molecule has 0 aliphatic carbocycles. The molecule has 0 fully saturated rings. The summed E-state index contributed by atoms with van der Waals surface area (Å²) in [4.78, 5) is 11.8. The largest absolute Gasteiger partial charge is 0.348 e. The number of nitrogens with one attached hydrogen (secondary N) is 1. The first-order valence-corrected chi connectivity index (χ1v) is 7.25. The molecular formula is C13H19FN2OS. The van der Waals surface area contributed by atoms with Gasteiger partial charge in [-0.25, -0.2) is 4.39 Å². The second-order valence-corrected chi connectivity index (χ2v) is 5.13. The fourth-order valence-corrected chi connectivity index (χ4v) is 2.09. The predicted molar refractivity (Wildman–Crippen MR) is 73.9 cm³/mol. The summed E-state index contributed by atoms with van der Waals surface area (Å²) in [6.07, 6.45) is 2.59. The summed E-state index contributed by atoms with van der Waals surface area (Å²) < 4.78 is 13.5. The fraction of sp³-hybridized carbons (Fsp3) is 0.462. The SMILES string of the molecule is CSCC[C@H](N)C(=O)N[C@H](C)c1ccccc1F. The van der Waals surface area contributed by atoms with Crippen LogP contribution in [-0.2, 0) is 4.79 Å². The minimum Gasteiger partial charge on any atom is -0.348 e. The summed E-state index contributed by atoms with van der Waals surface area (Å²) in [5, 5.41) is 2.73. The maximum absolute atomic E-state index is 13.5. The van der Waals surface area contributed by atoms with Crippen molar-refractivity contribution in [2.24, 2.45) is 5.73 Å². The van der Waals surface area contributed by atoms with Crippen LogP contribution in [0, 0.1) is 5.82 Å². The molecule has 0 aliphatic rings. The Morgan fingerprint density at radius 3 is 2.78 bits per heavy atom. The highest BCUT2D eigenvalue weighted by Gasteiger charge is 2.17. The van der Waals surface area contributed by atoms with Gasteiger partial charge in [-0.3, -0.25) is 4.79 Å². The number of thioether (sulfide) groups is 1. The van der Waals surface area contributed by atoms with Crippen LogP contribution >= 0.6 is 11.8 Å². The maximum atomic E-state index is 13.5. The molecule has 0 saturated heterocycles. The minimum atomic E-state index is -0.535. The summed E-state index contributed by atoms with van der Waals surface area (Å²) in [5.41, 5.74) is 6.22. The second kappa shape index (κ2) is 7.38. The van der Waals surface area contributed by atoms with Gasteiger partial charge >= 0.3 is 0 Å². The Bertz CT molecular complexity index is 400. The molecule has 0 unspecified atom stereocenters. The van der Waals surface area contributed by atoms with Crippen molar-refractivity contribution in [1.29, 1.82) is 0 Å². The highest BCUT2D eigenvalue weighted by molar-refractivity contribution is 7.98. The van der Waals surface area contributed by atoms with Gasteiger partial charge in [-0.15, -0.1) is 0 Å². The number of benzene rings is 1. The zero-order valence-corrected chi connectivity index (χ0v) is 11.5. The molecule has 1 rings (SSSR count). The quantitative estimate of drug-likeness (QED) is 0.832. The van der Waals surface area contributed by atoms with Gasteiger partial charge in [0.25, 0.3) is 0 Å². The molecule has 2 atom stereocenters. The second-order valence-electron chi connectivity index (χ2n) is 4.14. The van der Waals surface area contributed by atoms with Gasteiger partial charge in [0.15, 0.2) is 0 Å². The number of rotatable bonds is 6. The van der Waals surface area contributed by atoms with E-state index in [0.29, 0.717) is 12.0 Å². The molecule has 18 heavy (non-hydrogen) atoms. The average Bonchev–Trinajstić information content (AvgIpc) is 2.36. The standard InChI is InChI=1S/C13H19FN2OS/c1-9(10-5-3-4-6-11(10)14)16-13(17)12(15)7-8-18-2/h3-6,9,12H,7-8,15H2,1-2H3,(H,16,17)/t9-,12+/m1/s1.